The van der Waals surface area contributed by atoms with Crippen LogP contribution < -0.4 is 20.1 Å². The van der Waals surface area contributed by atoms with Gasteiger partial charge in [0.2, 0.25) is 0 Å². The summed E-state index contributed by atoms with van der Waals surface area (Å²) in [5.41, 5.74) is 0.658. The normalized spacial score (nSPS) is 10.7. The number of carbonyl (C=O) groups is 1. The fourth-order valence-electron chi connectivity index (χ4n) is 3.93. The fourth-order valence-corrected chi connectivity index (χ4v) is 3.93. The van der Waals surface area contributed by atoms with Crippen molar-refractivity contribution in [1.29, 1.82) is 0 Å². The second-order valence-electron chi connectivity index (χ2n) is 8.79. The molecule has 0 fully saturated rings. The number of carbonyl (C=O) groups excluding carboxylic acids is 1. The maximum atomic E-state index is 12.1. The zero-order chi connectivity index (χ0) is 23.3. The Morgan fingerprint density at radius 2 is 1.06 bits per heavy atom. The minimum absolute atomic E-state index is 0.193. The summed E-state index contributed by atoms with van der Waals surface area (Å²) in [7, 11) is 3.19. The molecule has 0 aliphatic heterocycles. The van der Waals surface area contributed by atoms with Crippen LogP contribution in [0.3, 0.4) is 0 Å². The smallest absolute Gasteiger partial charge is 0.319 e. The number of urea groups is 1. The van der Waals surface area contributed by atoms with Crippen molar-refractivity contribution in [3.8, 4) is 11.5 Å². The van der Waals surface area contributed by atoms with E-state index in [1.807, 2.05) is 0 Å². The highest BCUT2D eigenvalue weighted by molar-refractivity contribution is 5.89. The summed E-state index contributed by atoms with van der Waals surface area (Å²) in [6.45, 7) is 2.98. The molecule has 0 heterocycles. The first-order valence-electron chi connectivity index (χ1n) is 13.0. The van der Waals surface area contributed by atoms with E-state index in [4.69, 9.17) is 9.47 Å². The van der Waals surface area contributed by atoms with Gasteiger partial charge < -0.3 is 20.1 Å². The SMILES string of the molecule is CCCCCCCCCCCCCCCCCCNC(=O)Nc1cc(OC)cc(OC)c1. The molecule has 32 heavy (non-hydrogen) atoms. The average molecular weight is 449 g/mol. The lowest BCUT2D eigenvalue weighted by Crippen LogP contribution is -2.29. The average Bonchev–Trinajstić information content (AvgIpc) is 2.80. The summed E-state index contributed by atoms with van der Waals surface area (Å²) in [6, 6.07) is 5.13. The molecule has 1 aromatic rings. The highest BCUT2D eigenvalue weighted by atomic mass is 16.5. The van der Waals surface area contributed by atoms with Crippen LogP contribution in [0.2, 0.25) is 0 Å². The highest BCUT2D eigenvalue weighted by Crippen LogP contribution is 2.25. The Hall–Kier alpha value is -1.91. The molecule has 0 saturated heterocycles. The molecule has 2 N–H and O–H groups in total. The quantitative estimate of drug-likeness (QED) is 0.198. The summed E-state index contributed by atoms with van der Waals surface area (Å²) < 4.78 is 10.4. The van der Waals surface area contributed by atoms with E-state index < -0.39 is 0 Å². The molecule has 0 radical (unpaired) electrons. The summed E-state index contributed by atoms with van der Waals surface area (Å²) in [6.07, 6.45) is 21.6. The highest BCUT2D eigenvalue weighted by Gasteiger charge is 2.05. The van der Waals surface area contributed by atoms with E-state index in [2.05, 4.69) is 17.6 Å². The first kappa shape index (κ1) is 28.1. The third kappa shape index (κ3) is 15.0. The van der Waals surface area contributed by atoms with Crippen molar-refractivity contribution in [2.24, 2.45) is 0 Å². The number of hydrogen-bond acceptors (Lipinski definition) is 3. The van der Waals surface area contributed by atoms with Crippen LogP contribution in [-0.4, -0.2) is 26.8 Å². The number of methoxy groups -OCH3 is 2. The molecular formula is C27H48N2O3. The maximum absolute atomic E-state index is 12.1. The molecule has 0 aliphatic carbocycles. The van der Waals surface area contributed by atoms with Gasteiger partial charge in [-0.05, 0) is 6.42 Å². The molecular weight excluding hydrogens is 400 g/mol. The van der Waals surface area contributed by atoms with Crippen molar-refractivity contribution in [3.63, 3.8) is 0 Å². The third-order valence-corrected chi connectivity index (χ3v) is 5.93. The van der Waals surface area contributed by atoms with Crippen molar-refractivity contribution >= 4 is 11.7 Å². The van der Waals surface area contributed by atoms with E-state index >= 15 is 0 Å². The van der Waals surface area contributed by atoms with Crippen molar-refractivity contribution < 1.29 is 14.3 Å². The zero-order valence-corrected chi connectivity index (χ0v) is 21.0. The second-order valence-corrected chi connectivity index (χ2v) is 8.79. The van der Waals surface area contributed by atoms with Gasteiger partial charge in [0.25, 0.3) is 0 Å². The number of rotatable bonds is 20. The Labute approximate surface area is 197 Å². The van der Waals surface area contributed by atoms with E-state index in [0.717, 1.165) is 6.42 Å². The van der Waals surface area contributed by atoms with Crippen LogP contribution in [0.1, 0.15) is 110 Å². The summed E-state index contributed by atoms with van der Waals surface area (Å²) in [5.74, 6) is 1.30. The van der Waals surface area contributed by atoms with E-state index in [9.17, 15) is 4.79 Å². The van der Waals surface area contributed by atoms with Gasteiger partial charge in [-0.25, -0.2) is 4.79 Å². The van der Waals surface area contributed by atoms with Gasteiger partial charge in [0.1, 0.15) is 11.5 Å². The van der Waals surface area contributed by atoms with E-state index in [-0.39, 0.29) is 6.03 Å². The molecule has 0 bridgehead atoms. The summed E-state index contributed by atoms with van der Waals surface area (Å²) >= 11 is 0. The molecule has 184 valence electrons. The van der Waals surface area contributed by atoms with Gasteiger partial charge in [0, 0.05) is 30.4 Å². The molecule has 0 atom stereocenters. The molecule has 5 heteroatoms. The van der Waals surface area contributed by atoms with Crippen LogP contribution in [0.15, 0.2) is 18.2 Å². The van der Waals surface area contributed by atoms with Gasteiger partial charge >= 0.3 is 6.03 Å². The van der Waals surface area contributed by atoms with E-state index in [1.54, 1.807) is 32.4 Å². The number of ether oxygens (including phenoxy) is 2. The third-order valence-electron chi connectivity index (χ3n) is 5.93. The fraction of sp³-hybridized carbons (Fsp3) is 0.741. The number of unbranched alkanes of at least 4 members (excludes halogenated alkanes) is 15. The summed E-state index contributed by atoms with van der Waals surface area (Å²) in [4.78, 5) is 12.1. The van der Waals surface area contributed by atoms with Crippen LogP contribution in [0.5, 0.6) is 11.5 Å². The van der Waals surface area contributed by atoms with Crippen molar-refractivity contribution in [2.75, 3.05) is 26.1 Å². The predicted molar refractivity (Wildman–Crippen MR) is 136 cm³/mol. The number of hydrogen-bond donors (Lipinski definition) is 2. The minimum atomic E-state index is -0.193. The molecule has 0 unspecified atom stereocenters. The number of benzene rings is 1. The van der Waals surface area contributed by atoms with Crippen molar-refractivity contribution in [3.05, 3.63) is 18.2 Å². The molecule has 1 aromatic carbocycles. The predicted octanol–water partition coefficient (Wildman–Crippen LogP) is 8.09. The van der Waals surface area contributed by atoms with Gasteiger partial charge in [-0.1, -0.05) is 103 Å². The largest absolute Gasteiger partial charge is 0.497 e. The first-order chi connectivity index (χ1) is 15.7. The molecule has 0 aliphatic rings. The lowest BCUT2D eigenvalue weighted by atomic mass is 10.0. The number of amides is 2. The lowest BCUT2D eigenvalue weighted by Gasteiger charge is -2.11. The number of nitrogens with one attached hydrogen (secondary N) is 2. The second kappa shape index (κ2) is 19.8. The van der Waals surface area contributed by atoms with Gasteiger partial charge in [0.15, 0.2) is 0 Å². The van der Waals surface area contributed by atoms with Crippen LogP contribution in [0.4, 0.5) is 10.5 Å². The molecule has 0 spiro atoms. The monoisotopic (exact) mass is 448 g/mol. The summed E-state index contributed by atoms with van der Waals surface area (Å²) in [5, 5.41) is 5.76. The van der Waals surface area contributed by atoms with Crippen molar-refractivity contribution in [1.82, 2.24) is 5.32 Å². The lowest BCUT2D eigenvalue weighted by molar-refractivity contribution is 0.252. The van der Waals surface area contributed by atoms with Crippen LogP contribution in [0, 0.1) is 0 Å². The van der Waals surface area contributed by atoms with Gasteiger partial charge in [-0.2, -0.15) is 0 Å². The van der Waals surface area contributed by atoms with Gasteiger partial charge in [-0.15, -0.1) is 0 Å². The van der Waals surface area contributed by atoms with Crippen molar-refractivity contribution in [2.45, 2.75) is 110 Å². The van der Waals surface area contributed by atoms with Crippen LogP contribution >= 0.6 is 0 Å². The standard InChI is InChI=1S/C27H48N2O3/c1-4-5-6-7-8-9-10-11-12-13-14-15-16-17-18-19-20-28-27(30)29-24-21-25(31-2)23-26(22-24)32-3/h21-23H,4-20H2,1-3H3,(H2,28,29,30). The Bertz CT molecular complexity index is 570. The maximum Gasteiger partial charge on any atom is 0.319 e. The molecule has 0 saturated carbocycles. The van der Waals surface area contributed by atoms with E-state index in [1.165, 1.54) is 96.3 Å². The zero-order valence-electron chi connectivity index (χ0n) is 21.0. The van der Waals surface area contributed by atoms with E-state index in [0.29, 0.717) is 23.7 Å². The Morgan fingerprint density at radius 3 is 1.47 bits per heavy atom. The molecule has 1 rings (SSSR count). The van der Waals surface area contributed by atoms with Gasteiger partial charge in [-0.3, -0.25) is 0 Å². The Balaban J connectivity index is 1.90. The Kier molecular flexibility index (Phi) is 17.4. The first-order valence-corrected chi connectivity index (χ1v) is 13.0. The molecule has 5 nitrogen and oxygen atoms in total. The van der Waals surface area contributed by atoms with Crippen LogP contribution in [-0.2, 0) is 0 Å². The Morgan fingerprint density at radius 1 is 0.656 bits per heavy atom. The molecule has 0 aromatic heterocycles. The minimum Gasteiger partial charge on any atom is -0.497 e. The topological polar surface area (TPSA) is 59.6 Å². The number of anilines is 1. The van der Waals surface area contributed by atoms with Gasteiger partial charge in [0.05, 0.1) is 14.2 Å². The molecule has 2 amide bonds. The van der Waals surface area contributed by atoms with Crippen LogP contribution in [0.25, 0.3) is 0 Å².